The van der Waals surface area contributed by atoms with E-state index in [1.807, 2.05) is 62.4 Å². The zero-order chi connectivity index (χ0) is 21.7. The van der Waals surface area contributed by atoms with E-state index in [1.165, 1.54) is 6.92 Å². The SMILES string of the molecule is COc1ccc(C(CC(=O)NC(c2nc3ccccc3[nH]2)C(C)C)NC(C)=O)cc1. The Bertz CT molecular complexity index is 978. The van der Waals surface area contributed by atoms with E-state index in [-0.39, 0.29) is 30.2 Å². The molecule has 2 atom stereocenters. The molecule has 0 aliphatic heterocycles. The summed E-state index contributed by atoms with van der Waals surface area (Å²) in [5.74, 6) is 1.22. The Hall–Kier alpha value is -3.35. The molecule has 30 heavy (non-hydrogen) atoms. The van der Waals surface area contributed by atoms with Gasteiger partial charge in [0.25, 0.3) is 0 Å². The second-order valence-corrected chi connectivity index (χ2v) is 7.66. The summed E-state index contributed by atoms with van der Waals surface area (Å²) in [7, 11) is 1.60. The number of fused-ring (bicyclic) bond motifs is 1. The van der Waals surface area contributed by atoms with Crippen LogP contribution >= 0.6 is 0 Å². The summed E-state index contributed by atoms with van der Waals surface area (Å²) in [6, 6.07) is 14.4. The number of aromatic amines is 1. The Balaban J connectivity index is 1.76. The van der Waals surface area contributed by atoms with Crippen LogP contribution in [-0.4, -0.2) is 28.9 Å². The second kappa shape index (κ2) is 9.43. The Morgan fingerprint density at radius 1 is 1.07 bits per heavy atom. The summed E-state index contributed by atoms with van der Waals surface area (Å²) in [5, 5.41) is 5.95. The minimum absolute atomic E-state index is 0.120. The van der Waals surface area contributed by atoms with Gasteiger partial charge in [-0.05, 0) is 35.7 Å². The molecule has 0 radical (unpaired) electrons. The number of hydrogen-bond acceptors (Lipinski definition) is 4. The largest absolute Gasteiger partial charge is 0.497 e. The zero-order valence-electron chi connectivity index (χ0n) is 17.7. The number of hydrogen-bond donors (Lipinski definition) is 3. The molecule has 1 aromatic heterocycles. The quantitative estimate of drug-likeness (QED) is 0.530. The molecule has 0 aliphatic rings. The first-order valence-corrected chi connectivity index (χ1v) is 10.0. The van der Waals surface area contributed by atoms with Crippen LogP contribution < -0.4 is 15.4 Å². The van der Waals surface area contributed by atoms with Gasteiger partial charge in [0.2, 0.25) is 11.8 Å². The molecule has 0 spiro atoms. The Labute approximate surface area is 176 Å². The topological polar surface area (TPSA) is 96.1 Å². The fraction of sp³-hybridized carbons (Fsp3) is 0.348. The van der Waals surface area contributed by atoms with Crippen LogP contribution in [0.25, 0.3) is 11.0 Å². The van der Waals surface area contributed by atoms with E-state index in [2.05, 4.69) is 20.6 Å². The molecule has 2 unspecified atom stereocenters. The number of H-pyrrole nitrogens is 1. The summed E-state index contributed by atoms with van der Waals surface area (Å²) >= 11 is 0. The predicted molar refractivity (Wildman–Crippen MR) is 116 cm³/mol. The van der Waals surface area contributed by atoms with Gasteiger partial charge >= 0.3 is 0 Å². The maximum absolute atomic E-state index is 12.9. The third kappa shape index (κ3) is 5.17. The molecule has 2 aromatic carbocycles. The fourth-order valence-corrected chi connectivity index (χ4v) is 3.42. The Kier molecular flexibility index (Phi) is 6.72. The van der Waals surface area contributed by atoms with Crippen LogP contribution in [0.1, 0.15) is 50.7 Å². The molecule has 0 saturated carbocycles. The van der Waals surface area contributed by atoms with Gasteiger partial charge in [0, 0.05) is 6.92 Å². The molecular weight excluding hydrogens is 380 g/mol. The van der Waals surface area contributed by atoms with E-state index in [1.54, 1.807) is 7.11 Å². The van der Waals surface area contributed by atoms with Crippen molar-refractivity contribution in [2.24, 2.45) is 5.92 Å². The summed E-state index contributed by atoms with van der Waals surface area (Å²) in [6.45, 7) is 5.51. The van der Waals surface area contributed by atoms with Crippen molar-refractivity contribution in [3.63, 3.8) is 0 Å². The van der Waals surface area contributed by atoms with Crippen molar-refractivity contribution in [1.82, 2.24) is 20.6 Å². The Morgan fingerprint density at radius 2 is 1.77 bits per heavy atom. The van der Waals surface area contributed by atoms with Crippen molar-refractivity contribution in [1.29, 1.82) is 0 Å². The van der Waals surface area contributed by atoms with Crippen molar-refractivity contribution in [3.05, 3.63) is 59.9 Å². The van der Waals surface area contributed by atoms with E-state index in [9.17, 15) is 9.59 Å². The average Bonchev–Trinajstić information content (AvgIpc) is 3.15. The van der Waals surface area contributed by atoms with Gasteiger partial charge in [0.15, 0.2) is 0 Å². The van der Waals surface area contributed by atoms with Crippen LogP contribution in [0, 0.1) is 5.92 Å². The second-order valence-electron chi connectivity index (χ2n) is 7.66. The highest BCUT2D eigenvalue weighted by atomic mass is 16.5. The number of carbonyl (C=O) groups excluding carboxylic acids is 2. The molecule has 7 nitrogen and oxygen atoms in total. The van der Waals surface area contributed by atoms with E-state index in [0.717, 1.165) is 28.2 Å². The molecule has 3 aromatic rings. The third-order valence-electron chi connectivity index (χ3n) is 4.97. The number of benzene rings is 2. The maximum Gasteiger partial charge on any atom is 0.223 e. The number of para-hydroxylation sites is 2. The first-order chi connectivity index (χ1) is 14.4. The van der Waals surface area contributed by atoms with Crippen LogP contribution in [0.5, 0.6) is 5.75 Å². The van der Waals surface area contributed by atoms with Crippen molar-refractivity contribution in [2.45, 2.75) is 39.3 Å². The van der Waals surface area contributed by atoms with Crippen molar-refractivity contribution >= 4 is 22.8 Å². The molecule has 3 N–H and O–H groups in total. The highest BCUT2D eigenvalue weighted by molar-refractivity contribution is 5.80. The number of ether oxygens (including phenoxy) is 1. The molecule has 3 rings (SSSR count). The van der Waals surface area contributed by atoms with E-state index in [4.69, 9.17) is 4.74 Å². The van der Waals surface area contributed by atoms with Gasteiger partial charge in [-0.25, -0.2) is 4.98 Å². The lowest BCUT2D eigenvalue weighted by Crippen LogP contribution is -2.36. The van der Waals surface area contributed by atoms with Crippen LogP contribution in [0.3, 0.4) is 0 Å². The summed E-state index contributed by atoms with van der Waals surface area (Å²) in [6.07, 6.45) is 0.120. The van der Waals surface area contributed by atoms with Gasteiger partial charge in [-0.3, -0.25) is 9.59 Å². The molecular formula is C23H28N4O3. The predicted octanol–water partition coefficient (Wildman–Crippen LogP) is 3.65. The number of imidazole rings is 1. The van der Waals surface area contributed by atoms with E-state index >= 15 is 0 Å². The molecule has 0 saturated heterocycles. The number of amides is 2. The fourth-order valence-electron chi connectivity index (χ4n) is 3.42. The summed E-state index contributed by atoms with van der Waals surface area (Å²) in [4.78, 5) is 32.5. The van der Waals surface area contributed by atoms with Crippen LogP contribution in [0.4, 0.5) is 0 Å². The number of nitrogens with zero attached hydrogens (tertiary/aromatic N) is 1. The molecule has 0 bridgehead atoms. The normalized spacial score (nSPS) is 13.1. The molecule has 0 fully saturated rings. The van der Waals surface area contributed by atoms with Gasteiger partial charge in [0.05, 0.1) is 36.6 Å². The third-order valence-corrected chi connectivity index (χ3v) is 4.97. The minimum Gasteiger partial charge on any atom is -0.497 e. The highest BCUT2D eigenvalue weighted by Crippen LogP contribution is 2.24. The zero-order valence-corrected chi connectivity index (χ0v) is 17.7. The lowest BCUT2D eigenvalue weighted by molar-refractivity contribution is -0.123. The van der Waals surface area contributed by atoms with Gasteiger partial charge in [-0.1, -0.05) is 38.1 Å². The maximum atomic E-state index is 12.9. The average molecular weight is 409 g/mol. The number of rotatable bonds is 8. The van der Waals surface area contributed by atoms with Gasteiger partial charge in [-0.2, -0.15) is 0 Å². The number of nitrogens with one attached hydrogen (secondary N) is 3. The van der Waals surface area contributed by atoms with E-state index < -0.39 is 6.04 Å². The van der Waals surface area contributed by atoms with Crippen molar-refractivity contribution in [2.75, 3.05) is 7.11 Å². The van der Waals surface area contributed by atoms with Crippen LogP contribution in [-0.2, 0) is 9.59 Å². The van der Waals surface area contributed by atoms with Crippen LogP contribution in [0.2, 0.25) is 0 Å². The van der Waals surface area contributed by atoms with Gasteiger partial charge in [-0.15, -0.1) is 0 Å². The number of carbonyl (C=O) groups is 2. The molecule has 1 heterocycles. The molecule has 158 valence electrons. The first-order valence-electron chi connectivity index (χ1n) is 10.0. The first kappa shape index (κ1) is 21.4. The standard InChI is InChI=1S/C23H28N4O3/c1-14(2)22(23-25-18-7-5-6-8-19(18)26-23)27-21(29)13-20(24-15(3)28)16-9-11-17(30-4)12-10-16/h5-12,14,20,22H,13H2,1-4H3,(H,24,28)(H,25,26)(H,27,29). The monoisotopic (exact) mass is 408 g/mol. The lowest BCUT2D eigenvalue weighted by Gasteiger charge is -2.23. The lowest BCUT2D eigenvalue weighted by atomic mass is 10.0. The van der Waals surface area contributed by atoms with Gasteiger partial charge in [0.1, 0.15) is 11.6 Å². The highest BCUT2D eigenvalue weighted by Gasteiger charge is 2.24. The van der Waals surface area contributed by atoms with Crippen molar-refractivity contribution in [3.8, 4) is 5.75 Å². The molecule has 2 amide bonds. The molecule has 7 heteroatoms. The van der Waals surface area contributed by atoms with Gasteiger partial charge < -0.3 is 20.4 Å². The number of methoxy groups -OCH3 is 1. The van der Waals surface area contributed by atoms with E-state index in [0.29, 0.717) is 0 Å². The summed E-state index contributed by atoms with van der Waals surface area (Å²) < 4.78 is 5.19. The number of aromatic nitrogens is 2. The molecule has 0 aliphatic carbocycles. The smallest absolute Gasteiger partial charge is 0.223 e. The van der Waals surface area contributed by atoms with Crippen LogP contribution in [0.15, 0.2) is 48.5 Å². The van der Waals surface area contributed by atoms with Crippen molar-refractivity contribution < 1.29 is 14.3 Å². The Morgan fingerprint density at radius 3 is 2.37 bits per heavy atom. The minimum atomic E-state index is -0.433. The summed E-state index contributed by atoms with van der Waals surface area (Å²) in [5.41, 5.74) is 2.63.